The van der Waals surface area contributed by atoms with Crippen LogP contribution in [0.2, 0.25) is 0 Å². The van der Waals surface area contributed by atoms with Gasteiger partial charge in [0.1, 0.15) is 16.5 Å². The quantitative estimate of drug-likeness (QED) is 0.725. The molecule has 0 fully saturated rings. The topological polar surface area (TPSA) is 86.9 Å². The van der Waals surface area contributed by atoms with E-state index in [4.69, 9.17) is 10.2 Å². The van der Waals surface area contributed by atoms with Gasteiger partial charge >= 0.3 is 0 Å². The summed E-state index contributed by atoms with van der Waals surface area (Å²) in [6.45, 7) is 1.98. The van der Waals surface area contributed by atoms with Gasteiger partial charge < -0.3 is 10.2 Å². The Morgan fingerprint density at radius 2 is 2.25 bits per heavy atom. The van der Waals surface area contributed by atoms with Gasteiger partial charge in [-0.3, -0.25) is 9.36 Å². The third kappa shape index (κ3) is 2.20. The normalized spacial score (nSPS) is 11.1. The van der Waals surface area contributed by atoms with Gasteiger partial charge in [-0.1, -0.05) is 0 Å². The van der Waals surface area contributed by atoms with Gasteiger partial charge in [-0.15, -0.1) is 0 Å². The fraction of sp³-hybridized carbons (Fsp3) is 0.154. The number of nitrogens with two attached hydrogens (primary N) is 1. The van der Waals surface area contributed by atoms with Crippen molar-refractivity contribution in [1.82, 2.24) is 14.5 Å². The number of anilines is 1. The van der Waals surface area contributed by atoms with Gasteiger partial charge in [0.05, 0.1) is 12.0 Å². The summed E-state index contributed by atoms with van der Waals surface area (Å²) in [6, 6.07) is 5.23. The summed E-state index contributed by atoms with van der Waals surface area (Å²) in [6.07, 6.45) is 1.48. The molecule has 0 bridgehead atoms. The molecule has 0 saturated carbocycles. The van der Waals surface area contributed by atoms with E-state index >= 15 is 0 Å². The van der Waals surface area contributed by atoms with Crippen molar-refractivity contribution in [1.29, 1.82) is 0 Å². The SMILES string of the molecule is Cc1ncn(Cc2nc3cc(N)ccc3o2)c(=O)c1Br. The molecule has 0 aliphatic carbocycles. The number of hydrogen-bond donors (Lipinski definition) is 1. The lowest BCUT2D eigenvalue weighted by Crippen LogP contribution is -2.22. The molecule has 0 atom stereocenters. The molecule has 20 heavy (non-hydrogen) atoms. The van der Waals surface area contributed by atoms with Crippen LogP contribution in [0.4, 0.5) is 5.69 Å². The van der Waals surface area contributed by atoms with Crippen molar-refractivity contribution in [3.63, 3.8) is 0 Å². The lowest BCUT2D eigenvalue weighted by atomic mass is 10.3. The van der Waals surface area contributed by atoms with Crippen molar-refractivity contribution in [3.8, 4) is 0 Å². The first-order chi connectivity index (χ1) is 9.54. The molecule has 0 unspecified atom stereocenters. The first kappa shape index (κ1) is 12.9. The number of hydrogen-bond acceptors (Lipinski definition) is 5. The number of halogens is 1. The average molecular weight is 335 g/mol. The fourth-order valence-electron chi connectivity index (χ4n) is 1.86. The lowest BCUT2D eigenvalue weighted by molar-refractivity contribution is 0.500. The van der Waals surface area contributed by atoms with E-state index in [0.717, 1.165) is 0 Å². The summed E-state index contributed by atoms with van der Waals surface area (Å²) in [7, 11) is 0. The molecule has 0 aliphatic rings. The van der Waals surface area contributed by atoms with Crippen LogP contribution in [-0.4, -0.2) is 14.5 Å². The molecule has 2 aromatic heterocycles. The van der Waals surface area contributed by atoms with Crippen LogP contribution in [0.15, 0.2) is 38.2 Å². The maximum absolute atomic E-state index is 12.0. The van der Waals surface area contributed by atoms with Gasteiger partial charge in [0.25, 0.3) is 5.56 Å². The Morgan fingerprint density at radius 3 is 3.05 bits per heavy atom. The van der Waals surface area contributed by atoms with E-state index in [1.807, 2.05) is 0 Å². The van der Waals surface area contributed by atoms with Gasteiger partial charge in [-0.05, 0) is 41.1 Å². The molecule has 1 aromatic carbocycles. The molecule has 3 rings (SSSR count). The highest BCUT2D eigenvalue weighted by molar-refractivity contribution is 9.10. The number of nitrogens with zero attached hydrogens (tertiary/aromatic N) is 3. The predicted octanol–water partition coefficient (Wildman–Crippen LogP) is 2.09. The minimum absolute atomic E-state index is 0.167. The first-order valence-electron chi connectivity index (χ1n) is 5.91. The summed E-state index contributed by atoms with van der Waals surface area (Å²) in [4.78, 5) is 20.5. The number of oxazole rings is 1. The highest BCUT2D eigenvalue weighted by atomic mass is 79.9. The second-order valence-corrected chi connectivity index (χ2v) is 5.20. The van der Waals surface area contributed by atoms with Gasteiger partial charge in [-0.2, -0.15) is 0 Å². The van der Waals surface area contributed by atoms with Crippen molar-refractivity contribution < 1.29 is 4.42 Å². The number of aromatic nitrogens is 3. The average Bonchev–Trinajstić information content (AvgIpc) is 2.81. The van der Waals surface area contributed by atoms with E-state index in [9.17, 15) is 4.79 Å². The van der Waals surface area contributed by atoms with Crippen LogP contribution >= 0.6 is 15.9 Å². The summed E-state index contributed by atoms with van der Waals surface area (Å²) < 4.78 is 7.46. The van der Waals surface area contributed by atoms with Crippen molar-refractivity contribution in [3.05, 3.63) is 50.9 Å². The number of rotatable bonds is 2. The van der Waals surface area contributed by atoms with Gasteiger partial charge in [0, 0.05) is 5.69 Å². The molecule has 0 aliphatic heterocycles. The maximum atomic E-state index is 12.0. The van der Waals surface area contributed by atoms with E-state index in [2.05, 4.69) is 25.9 Å². The van der Waals surface area contributed by atoms with Crippen molar-refractivity contribution in [2.75, 3.05) is 5.73 Å². The molecule has 3 aromatic rings. The molecule has 6 nitrogen and oxygen atoms in total. The number of aryl methyl sites for hydroxylation is 1. The van der Waals surface area contributed by atoms with E-state index in [1.54, 1.807) is 25.1 Å². The van der Waals surface area contributed by atoms with Crippen molar-refractivity contribution in [2.24, 2.45) is 0 Å². The minimum Gasteiger partial charge on any atom is -0.439 e. The molecule has 7 heteroatoms. The van der Waals surface area contributed by atoms with E-state index in [0.29, 0.717) is 32.8 Å². The summed E-state index contributed by atoms with van der Waals surface area (Å²) in [5, 5.41) is 0. The van der Waals surface area contributed by atoms with Crippen LogP contribution in [0.25, 0.3) is 11.1 Å². The van der Waals surface area contributed by atoms with Crippen LogP contribution in [0.5, 0.6) is 0 Å². The molecule has 102 valence electrons. The van der Waals surface area contributed by atoms with Crippen LogP contribution in [0, 0.1) is 6.92 Å². The Kier molecular flexibility index (Phi) is 3.06. The van der Waals surface area contributed by atoms with Gasteiger partial charge in [-0.25, -0.2) is 9.97 Å². The van der Waals surface area contributed by atoms with Crippen LogP contribution in [0.3, 0.4) is 0 Å². The molecular formula is C13H11BrN4O2. The Morgan fingerprint density at radius 1 is 1.45 bits per heavy atom. The third-order valence-electron chi connectivity index (χ3n) is 2.92. The zero-order chi connectivity index (χ0) is 14.3. The van der Waals surface area contributed by atoms with Gasteiger partial charge in [0.2, 0.25) is 5.89 Å². The molecule has 2 heterocycles. The summed E-state index contributed by atoms with van der Waals surface area (Å²) in [5.74, 6) is 0.435. The third-order valence-corrected chi connectivity index (χ3v) is 3.83. The first-order valence-corrected chi connectivity index (χ1v) is 6.70. The van der Waals surface area contributed by atoms with E-state index < -0.39 is 0 Å². The van der Waals surface area contributed by atoms with Crippen LogP contribution in [-0.2, 0) is 6.54 Å². The highest BCUT2D eigenvalue weighted by Crippen LogP contribution is 2.18. The molecule has 0 amide bonds. The van der Waals surface area contributed by atoms with Gasteiger partial charge in [0.15, 0.2) is 5.58 Å². The Bertz CT molecular complexity index is 853. The van der Waals surface area contributed by atoms with E-state index in [-0.39, 0.29) is 12.1 Å². The molecular weight excluding hydrogens is 324 g/mol. The maximum Gasteiger partial charge on any atom is 0.268 e. The Balaban J connectivity index is 2.01. The Labute approximate surface area is 122 Å². The fourth-order valence-corrected chi connectivity index (χ4v) is 2.19. The number of fused-ring (bicyclic) bond motifs is 1. The minimum atomic E-state index is -0.167. The second-order valence-electron chi connectivity index (χ2n) is 4.41. The zero-order valence-corrected chi connectivity index (χ0v) is 12.2. The van der Waals surface area contributed by atoms with Crippen molar-refractivity contribution >= 4 is 32.7 Å². The van der Waals surface area contributed by atoms with Crippen LogP contribution in [0.1, 0.15) is 11.6 Å². The lowest BCUT2D eigenvalue weighted by Gasteiger charge is -2.03. The molecule has 0 saturated heterocycles. The smallest absolute Gasteiger partial charge is 0.268 e. The molecule has 0 radical (unpaired) electrons. The monoisotopic (exact) mass is 334 g/mol. The van der Waals surface area contributed by atoms with Crippen LogP contribution < -0.4 is 11.3 Å². The molecule has 2 N–H and O–H groups in total. The molecule has 0 spiro atoms. The van der Waals surface area contributed by atoms with Crippen molar-refractivity contribution in [2.45, 2.75) is 13.5 Å². The second kappa shape index (κ2) is 4.75. The standard InChI is InChI=1S/C13H11BrN4O2/c1-7-12(14)13(19)18(6-16-7)5-11-17-9-4-8(15)2-3-10(9)20-11/h2-4,6H,5,15H2,1H3. The Hall–Kier alpha value is -2.15. The largest absolute Gasteiger partial charge is 0.439 e. The predicted molar refractivity (Wildman–Crippen MR) is 78.5 cm³/mol. The highest BCUT2D eigenvalue weighted by Gasteiger charge is 2.10. The summed E-state index contributed by atoms with van der Waals surface area (Å²) >= 11 is 3.22. The summed E-state index contributed by atoms with van der Waals surface area (Å²) in [5.41, 5.74) is 8.11. The van der Waals surface area contributed by atoms with E-state index in [1.165, 1.54) is 10.9 Å². The number of nitrogen functional groups attached to an aromatic ring is 1. The zero-order valence-electron chi connectivity index (χ0n) is 10.6. The number of benzene rings is 1.